The van der Waals surface area contributed by atoms with Gasteiger partial charge in [-0.3, -0.25) is 20.4 Å². The Morgan fingerprint density at radius 2 is 1.50 bits per heavy atom. The molecule has 0 aliphatic carbocycles. The maximum Gasteiger partial charge on any atom is 0.272 e. The lowest BCUT2D eigenvalue weighted by Crippen LogP contribution is -2.42. The fourth-order valence-electron chi connectivity index (χ4n) is 2.30. The van der Waals surface area contributed by atoms with E-state index in [4.69, 9.17) is 0 Å². The number of nitrogens with one attached hydrogen (secondary N) is 2. The van der Waals surface area contributed by atoms with Crippen molar-refractivity contribution in [2.75, 3.05) is 0 Å². The zero-order valence-electron chi connectivity index (χ0n) is 14.5. The van der Waals surface area contributed by atoms with Gasteiger partial charge in [0.15, 0.2) is 0 Å². The van der Waals surface area contributed by atoms with Crippen molar-refractivity contribution in [1.82, 2.24) is 15.8 Å². The van der Waals surface area contributed by atoms with Gasteiger partial charge in [-0.25, -0.2) is 13.8 Å². The highest BCUT2D eigenvalue weighted by molar-refractivity contribution is 7.98. The highest BCUT2D eigenvalue weighted by Gasteiger charge is 2.15. The van der Waals surface area contributed by atoms with Crippen molar-refractivity contribution in [3.8, 4) is 0 Å². The third kappa shape index (κ3) is 4.92. The van der Waals surface area contributed by atoms with E-state index in [0.29, 0.717) is 10.8 Å². The average molecular weight is 399 g/mol. The Bertz CT molecular complexity index is 997. The molecule has 0 aliphatic heterocycles. The summed E-state index contributed by atoms with van der Waals surface area (Å²) in [6, 6.07) is 14.6. The number of halogens is 2. The number of aromatic nitrogens is 1. The average Bonchev–Trinajstić information content (AvgIpc) is 2.72. The number of hydrogen-bond acceptors (Lipinski definition) is 4. The largest absolute Gasteiger partial charge is 0.272 e. The second-order valence-electron chi connectivity index (χ2n) is 5.66. The molecule has 0 saturated heterocycles. The van der Waals surface area contributed by atoms with Crippen LogP contribution in [0.25, 0.3) is 0 Å². The van der Waals surface area contributed by atoms with Crippen molar-refractivity contribution in [2.45, 2.75) is 10.8 Å². The molecule has 0 radical (unpaired) electrons. The number of carbonyl (C=O) groups is 2. The van der Waals surface area contributed by atoms with Crippen LogP contribution in [-0.2, 0) is 5.75 Å². The number of nitrogens with zero attached hydrogens (tertiary/aromatic N) is 1. The van der Waals surface area contributed by atoms with Gasteiger partial charge >= 0.3 is 0 Å². The minimum Gasteiger partial charge on any atom is -0.267 e. The van der Waals surface area contributed by atoms with E-state index in [-0.39, 0.29) is 16.9 Å². The highest BCUT2D eigenvalue weighted by Crippen LogP contribution is 2.24. The quantitative estimate of drug-likeness (QED) is 0.507. The molecule has 1 heterocycles. The van der Waals surface area contributed by atoms with Crippen LogP contribution >= 0.6 is 11.8 Å². The zero-order chi connectivity index (χ0) is 19.9. The van der Waals surface area contributed by atoms with Gasteiger partial charge in [-0.1, -0.05) is 24.3 Å². The molecule has 8 heteroatoms. The number of carbonyl (C=O) groups excluding carboxylic acids is 2. The maximum absolute atomic E-state index is 13.6. The summed E-state index contributed by atoms with van der Waals surface area (Å²) in [7, 11) is 0. The summed E-state index contributed by atoms with van der Waals surface area (Å²) < 4.78 is 26.6. The van der Waals surface area contributed by atoms with Crippen molar-refractivity contribution in [3.05, 3.63) is 95.2 Å². The van der Waals surface area contributed by atoms with Gasteiger partial charge in [-0.15, -0.1) is 11.8 Å². The van der Waals surface area contributed by atoms with Crippen LogP contribution in [0.1, 0.15) is 26.3 Å². The molecule has 3 rings (SSSR count). The first-order valence-electron chi connectivity index (χ1n) is 8.22. The fourth-order valence-corrected chi connectivity index (χ4v) is 3.25. The molecule has 1 aromatic heterocycles. The minimum atomic E-state index is -0.768. The number of hydrazine groups is 1. The first-order valence-corrected chi connectivity index (χ1v) is 9.20. The SMILES string of the molecule is O=C(NNC(=O)c1cccnc1SCc1ccc(F)cc1)c1ccccc1F. The van der Waals surface area contributed by atoms with Crippen molar-refractivity contribution >= 4 is 23.6 Å². The molecule has 2 amide bonds. The third-order valence-electron chi connectivity index (χ3n) is 3.71. The molecule has 3 aromatic rings. The second kappa shape index (κ2) is 9.09. The van der Waals surface area contributed by atoms with Crippen LogP contribution in [0.5, 0.6) is 0 Å². The van der Waals surface area contributed by atoms with Crippen molar-refractivity contribution in [1.29, 1.82) is 0 Å². The standard InChI is InChI=1S/C20H15F2N3O2S/c21-14-9-7-13(8-10-14)12-28-20-16(5-3-11-23-20)19(27)25-24-18(26)15-4-1-2-6-17(15)22/h1-11H,12H2,(H,24,26)(H,25,27). The predicted octanol–water partition coefficient (Wildman–Crippen LogP) is 3.73. The Balaban J connectivity index is 1.64. The first kappa shape index (κ1) is 19.5. The van der Waals surface area contributed by atoms with Crippen LogP contribution in [0.2, 0.25) is 0 Å². The van der Waals surface area contributed by atoms with E-state index in [1.807, 2.05) is 0 Å². The van der Waals surface area contributed by atoms with Gasteiger partial charge in [0.25, 0.3) is 11.8 Å². The monoisotopic (exact) mass is 399 g/mol. The van der Waals surface area contributed by atoms with Gasteiger partial charge in [-0.2, -0.15) is 0 Å². The summed E-state index contributed by atoms with van der Waals surface area (Å²) in [4.78, 5) is 28.6. The molecule has 0 saturated carbocycles. The lowest BCUT2D eigenvalue weighted by molar-refractivity contribution is 0.0842. The Morgan fingerprint density at radius 3 is 2.21 bits per heavy atom. The van der Waals surface area contributed by atoms with E-state index >= 15 is 0 Å². The van der Waals surface area contributed by atoms with Crippen LogP contribution in [0.4, 0.5) is 8.78 Å². The molecule has 2 aromatic carbocycles. The van der Waals surface area contributed by atoms with Crippen molar-refractivity contribution in [2.24, 2.45) is 0 Å². The molecule has 2 N–H and O–H groups in total. The molecule has 0 bridgehead atoms. The molecular formula is C20H15F2N3O2S. The Labute approximate surface area is 164 Å². The number of hydrogen-bond donors (Lipinski definition) is 2. The molecule has 5 nitrogen and oxygen atoms in total. The Morgan fingerprint density at radius 1 is 0.857 bits per heavy atom. The van der Waals surface area contributed by atoms with Crippen molar-refractivity contribution < 1.29 is 18.4 Å². The fraction of sp³-hybridized carbons (Fsp3) is 0.0500. The van der Waals surface area contributed by atoms with Crippen molar-refractivity contribution in [3.63, 3.8) is 0 Å². The summed E-state index contributed by atoms with van der Waals surface area (Å²) in [5.74, 6) is -1.88. The van der Waals surface area contributed by atoms with E-state index in [9.17, 15) is 18.4 Å². The van der Waals surface area contributed by atoms with E-state index in [1.165, 1.54) is 42.1 Å². The van der Waals surface area contributed by atoms with Gasteiger partial charge < -0.3 is 0 Å². The smallest absolute Gasteiger partial charge is 0.267 e. The van der Waals surface area contributed by atoms with Crippen LogP contribution in [0, 0.1) is 11.6 Å². The van der Waals surface area contributed by atoms with E-state index in [2.05, 4.69) is 15.8 Å². The third-order valence-corrected chi connectivity index (χ3v) is 4.79. The molecule has 0 aliphatic rings. The molecule has 0 fully saturated rings. The number of pyridine rings is 1. The summed E-state index contributed by atoms with van der Waals surface area (Å²) in [6.45, 7) is 0. The van der Waals surface area contributed by atoms with Crippen LogP contribution < -0.4 is 10.9 Å². The Hall–Kier alpha value is -3.26. The van der Waals surface area contributed by atoms with E-state index < -0.39 is 17.6 Å². The normalized spacial score (nSPS) is 10.4. The highest BCUT2D eigenvalue weighted by atomic mass is 32.2. The van der Waals surface area contributed by atoms with Gasteiger partial charge in [-0.05, 0) is 42.0 Å². The number of rotatable bonds is 5. The minimum absolute atomic E-state index is 0.181. The van der Waals surface area contributed by atoms with Gasteiger partial charge in [0, 0.05) is 11.9 Å². The summed E-state index contributed by atoms with van der Waals surface area (Å²) in [5, 5.41) is 0.449. The van der Waals surface area contributed by atoms with Crippen LogP contribution in [0.3, 0.4) is 0 Å². The summed E-state index contributed by atoms with van der Waals surface area (Å²) >= 11 is 1.30. The van der Waals surface area contributed by atoms with E-state index in [1.54, 1.807) is 30.5 Å². The van der Waals surface area contributed by atoms with E-state index in [0.717, 1.165) is 11.6 Å². The lowest BCUT2D eigenvalue weighted by Gasteiger charge is -2.10. The maximum atomic E-state index is 13.6. The Kier molecular flexibility index (Phi) is 6.33. The number of amides is 2. The summed E-state index contributed by atoms with van der Waals surface area (Å²) in [5.41, 5.74) is 5.39. The second-order valence-corrected chi connectivity index (χ2v) is 6.62. The van der Waals surface area contributed by atoms with Crippen LogP contribution in [-0.4, -0.2) is 16.8 Å². The van der Waals surface area contributed by atoms with Gasteiger partial charge in [0.1, 0.15) is 16.7 Å². The molecule has 0 unspecified atom stereocenters. The first-order chi connectivity index (χ1) is 13.5. The number of thioether (sulfide) groups is 1. The predicted molar refractivity (Wildman–Crippen MR) is 102 cm³/mol. The van der Waals surface area contributed by atoms with Gasteiger partial charge in [0.2, 0.25) is 0 Å². The molecule has 28 heavy (non-hydrogen) atoms. The summed E-state index contributed by atoms with van der Waals surface area (Å²) in [6.07, 6.45) is 1.54. The zero-order valence-corrected chi connectivity index (χ0v) is 15.3. The molecule has 0 atom stereocenters. The molecular weight excluding hydrogens is 384 g/mol. The van der Waals surface area contributed by atoms with Crippen LogP contribution in [0.15, 0.2) is 71.9 Å². The molecule has 142 valence electrons. The molecule has 0 spiro atoms. The topological polar surface area (TPSA) is 71.1 Å². The lowest BCUT2D eigenvalue weighted by atomic mass is 10.2. The number of benzene rings is 2. The van der Waals surface area contributed by atoms with Gasteiger partial charge in [0.05, 0.1) is 11.1 Å².